The van der Waals surface area contributed by atoms with Gasteiger partial charge in [-0.3, -0.25) is 4.90 Å². The Labute approximate surface area is 115 Å². The molecule has 104 valence electrons. The highest BCUT2D eigenvalue weighted by atomic mass is 16.5. The fraction of sp³-hybridized carbons (Fsp3) is 0.500. The van der Waals surface area contributed by atoms with E-state index in [-0.39, 0.29) is 6.61 Å². The van der Waals surface area contributed by atoms with Crippen LogP contribution in [0, 0.1) is 0 Å². The van der Waals surface area contributed by atoms with Gasteiger partial charge in [0.05, 0.1) is 6.61 Å². The highest BCUT2D eigenvalue weighted by molar-refractivity contribution is 5.71. The summed E-state index contributed by atoms with van der Waals surface area (Å²) >= 11 is 0. The van der Waals surface area contributed by atoms with Crippen LogP contribution in [0.5, 0.6) is 5.75 Å². The van der Waals surface area contributed by atoms with Crippen LogP contribution >= 0.6 is 0 Å². The molecule has 0 unspecified atom stereocenters. The topological polar surface area (TPSA) is 32.7 Å². The third-order valence-electron chi connectivity index (χ3n) is 3.46. The molecule has 1 aromatic rings. The minimum absolute atomic E-state index is 0.278. The standard InChI is InChI=1S/C16H23NO2/c1-2-19-16-7-4-3-6-15(16)14-8-11-17(12-9-14)10-5-13-18/h3-4,6-8,18H,2,5,9-13H2,1H3. The van der Waals surface area contributed by atoms with E-state index in [9.17, 15) is 0 Å². The highest BCUT2D eigenvalue weighted by Crippen LogP contribution is 2.30. The van der Waals surface area contributed by atoms with Crippen LogP contribution in [-0.2, 0) is 0 Å². The van der Waals surface area contributed by atoms with Crippen molar-refractivity contribution in [2.75, 3.05) is 32.8 Å². The van der Waals surface area contributed by atoms with Crippen molar-refractivity contribution in [1.29, 1.82) is 0 Å². The van der Waals surface area contributed by atoms with E-state index in [0.717, 1.165) is 38.2 Å². The van der Waals surface area contributed by atoms with Crippen molar-refractivity contribution in [3.8, 4) is 5.75 Å². The van der Waals surface area contributed by atoms with Crippen molar-refractivity contribution in [2.45, 2.75) is 19.8 Å². The molecule has 0 fully saturated rings. The molecule has 19 heavy (non-hydrogen) atoms. The summed E-state index contributed by atoms with van der Waals surface area (Å²) in [6, 6.07) is 8.26. The SMILES string of the molecule is CCOc1ccccc1C1=CCN(CCCO)CC1. The lowest BCUT2D eigenvalue weighted by atomic mass is 9.98. The number of nitrogens with zero attached hydrogens (tertiary/aromatic N) is 1. The lowest BCUT2D eigenvalue weighted by Crippen LogP contribution is -2.30. The molecule has 3 nitrogen and oxygen atoms in total. The minimum atomic E-state index is 0.278. The lowest BCUT2D eigenvalue weighted by molar-refractivity contribution is 0.236. The van der Waals surface area contributed by atoms with Crippen molar-refractivity contribution in [3.63, 3.8) is 0 Å². The Kier molecular flexibility index (Phi) is 5.43. The Morgan fingerprint density at radius 1 is 1.32 bits per heavy atom. The van der Waals surface area contributed by atoms with Crippen LogP contribution in [0.2, 0.25) is 0 Å². The number of para-hydroxylation sites is 1. The van der Waals surface area contributed by atoms with Crippen molar-refractivity contribution < 1.29 is 9.84 Å². The van der Waals surface area contributed by atoms with Crippen molar-refractivity contribution in [3.05, 3.63) is 35.9 Å². The molecule has 3 heteroatoms. The molecule has 2 rings (SSSR count). The molecule has 1 aromatic carbocycles. The van der Waals surface area contributed by atoms with E-state index < -0.39 is 0 Å². The molecule has 0 aliphatic carbocycles. The van der Waals surface area contributed by atoms with Gasteiger partial charge in [0.15, 0.2) is 0 Å². The van der Waals surface area contributed by atoms with E-state index in [1.54, 1.807) is 0 Å². The summed E-state index contributed by atoms with van der Waals surface area (Å²) in [4.78, 5) is 2.38. The van der Waals surface area contributed by atoms with Gasteiger partial charge in [0.1, 0.15) is 5.75 Å². The molecule has 0 saturated heterocycles. The number of aliphatic hydroxyl groups is 1. The number of benzene rings is 1. The first-order valence-electron chi connectivity index (χ1n) is 7.09. The second kappa shape index (κ2) is 7.31. The zero-order chi connectivity index (χ0) is 13.5. The Morgan fingerprint density at radius 2 is 2.16 bits per heavy atom. The molecule has 0 spiro atoms. The molecule has 0 atom stereocenters. The summed E-state index contributed by atoms with van der Waals surface area (Å²) in [7, 11) is 0. The minimum Gasteiger partial charge on any atom is -0.493 e. The molecule has 0 saturated carbocycles. The maximum Gasteiger partial charge on any atom is 0.126 e. The van der Waals surface area contributed by atoms with Crippen LogP contribution in [0.4, 0.5) is 0 Å². The summed E-state index contributed by atoms with van der Waals surface area (Å²) in [6.07, 6.45) is 4.20. The summed E-state index contributed by atoms with van der Waals surface area (Å²) in [5.41, 5.74) is 2.61. The number of hydrogen-bond acceptors (Lipinski definition) is 3. The van der Waals surface area contributed by atoms with Gasteiger partial charge in [0, 0.05) is 31.8 Å². The first-order valence-corrected chi connectivity index (χ1v) is 7.09. The van der Waals surface area contributed by atoms with Gasteiger partial charge in [-0.2, -0.15) is 0 Å². The molecular weight excluding hydrogens is 238 g/mol. The molecular formula is C16H23NO2. The smallest absolute Gasteiger partial charge is 0.126 e. The summed E-state index contributed by atoms with van der Waals surface area (Å²) in [6.45, 7) is 6.01. The third-order valence-corrected chi connectivity index (χ3v) is 3.46. The van der Waals surface area contributed by atoms with Gasteiger partial charge in [-0.1, -0.05) is 24.3 Å². The number of hydrogen-bond donors (Lipinski definition) is 1. The Hall–Kier alpha value is -1.32. The van der Waals surface area contributed by atoms with Crippen LogP contribution in [0.15, 0.2) is 30.3 Å². The zero-order valence-electron chi connectivity index (χ0n) is 11.6. The predicted octanol–water partition coefficient (Wildman–Crippen LogP) is 2.56. The lowest BCUT2D eigenvalue weighted by Gasteiger charge is -2.26. The van der Waals surface area contributed by atoms with E-state index in [1.807, 2.05) is 19.1 Å². The fourth-order valence-corrected chi connectivity index (χ4v) is 2.47. The first kappa shape index (κ1) is 14.1. The van der Waals surface area contributed by atoms with Gasteiger partial charge in [0.25, 0.3) is 0 Å². The Bertz CT molecular complexity index is 429. The largest absolute Gasteiger partial charge is 0.493 e. The Morgan fingerprint density at radius 3 is 2.84 bits per heavy atom. The van der Waals surface area contributed by atoms with Gasteiger partial charge in [-0.05, 0) is 31.4 Å². The predicted molar refractivity (Wildman–Crippen MR) is 78.3 cm³/mol. The van der Waals surface area contributed by atoms with E-state index in [4.69, 9.17) is 9.84 Å². The van der Waals surface area contributed by atoms with E-state index in [0.29, 0.717) is 6.61 Å². The average Bonchev–Trinajstić information content (AvgIpc) is 2.47. The van der Waals surface area contributed by atoms with Crippen molar-refractivity contribution >= 4 is 5.57 Å². The number of rotatable bonds is 6. The van der Waals surface area contributed by atoms with Crippen molar-refractivity contribution in [1.82, 2.24) is 4.90 Å². The van der Waals surface area contributed by atoms with E-state index in [1.165, 1.54) is 11.1 Å². The Balaban J connectivity index is 2.05. The molecule has 1 aliphatic heterocycles. The van der Waals surface area contributed by atoms with Crippen molar-refractivity contribution in [2.24, 2.45) is 0 Å². The normalized spacial score (nSPS) is 16.2. The van der Waals surface area contributed by atoms with Gasteiger partial charge in [0.2, 0.25) is 0 Å². The molecule has 0 amide bonds. The molecule has 0 radical (unpaired) electrons. The molecule has 1 aliphatic rings. The number of ether oxygens (including phenoxy) is 1. The maximum atomic E-state index is 8.86. The maximum absolute atomic E-state index is 8.86. The quantitative estimate of drug-likeness (QED) is 0.854. The first-order chi connectivity index (χ1) is 9.35. The second-order valence-electron chi connectivity index (χ2n) is 4.79. The number of aliphatic hydroxyl groups excluding tert-OH is 1. The van der Waals surface area contributed by atoms with Gasteiger partial charge < -0.3 is 9.84 Å². The molecule has 1 N–H and O–H groups in total. The molecule has 1 heterocycles. The molecule has 0 aromatic heterocycles. The molecule has 0 bridgehead atoms. The third kappa shape index (κ3) is 3.82. The average molecular weight is 261 g/mol. The summed E-state index contributed by atoms with van der Waals surface area (Å²) in [5, 5.41) is 8.86. The van der Waals surface area contributed by atoms with Gasteiger partial charge >= 0.3 is 0 Å². The van der Waals surface area contributed by atoms with Crippen LogP contribution in [-0.4, -0.2) is 42.9 Å². The summed E-state index contributed by atoms with van der Waals surface area (Å²) < 4.78 is 5.69. The van der Waals surface area contributed by atoms with Crippen LogP contribution < -0.4 is 4.74 Å². The summed E-state index contributed by atoms with van der Waals surface area (Å²) in [5.74, 6) is 0.986. The zero-order valence-corrected chi connectivity index (χ0v) is 11.6. The van der Waals surface area contributed by atoms with Gasteiger partial charge in [-0.15, -0.1) is 0 Å². The van der Waals surface area contributed by atoms with E-state index in [2.05, 4.69) is 23.1 Å². The highest BCUT2D eigenvalue weighted by Gasteiger charge is 2.15. The van der Waals surface area contributed by atoms with E-state index >= 15 is 0 Å². The van der Waals surface area contributed by atoms with Crippen LogP contribution in [0.1, 0.15) is 25.3 Å². The van der Waals surface area contributed by atoms with Gasteiger partial charge in [-0.25, -0.2) is 0 Å². The second-order valence-corrected chi connectivity index (χ2v) is 4.79. The monoisotopic (exact) mass is 261 g/mol. The van der Waals surface area contributed by atoms with Crippen LogP contribution in [0.25, 0.3) is 5.57 Å². The van der Waals surface area contributed by atoms with Crippen LogP contribution in [0.3, 0.4) is 0 Å². The fourth-order valence-electron chi connectivity index (χ4n) is 2.47.